The van der Waals surface area contributed by atoms with E-state index < -0.39 is 0 Å². The van der Waals surface area contributed by atoms with Gasteiger partial charge in [-0.1, -0.05) is 0 Å². The molecule has 18 heavy (non-hydrogen) atoms. The number of amides is 1. The van der Waals surface area contributed by atoms with Crippen molar-refractivity contribution in [3.63, 3.8) is 0 Å². The summed E-state index contributed by atoms with van der Waals surface area (Å²) in [5.41, 5.74) is 6.34. The van der Waals surface area contributed by atoms with E-state index in [4.69, 9.17) is 16.1 Å². The molecule has 1 amide bonds. The predicted molar refractivity (Wildman–Crippen MR) is 68.6 cm³/mol. The standard InChI is InChI=1S/C11H11BrN4O2/c12-11-7(3-13)8(2-9(14)15-11)16-4-6(5-17)1-10(16)18/h2,6,17H,1,4-5H2,(H2,14,15). The Hall–Kier alpha value is -1.65. The van der Waals surface area contributed by atoms with Crippen molar-refractivity contribution in [2.45, 2.75) is 6.42 Å². The van der Waals surface area contributed by atoms with Gasteiger partial charge in [-0.25, -0.2) is 4.98 Å². The summed E-state index contributed by atoms with van der Waals surface area (Å²) >= 11 is 3.16. The van der Waals surface area contributed by atoms with Crippen LogP contribution in [0.2, 0.25) is 0 Å². The number of rotatable bonds is 2. The summed E-state index contributed by atoms with van der Waals surface area (Å²) in [6, 6.07) is 3.50. The Kier molecular flexibility index (Phi) is 3.50. The molecule has 7 heteroatoms. The summed E-state index contributed by atoms with van der Waals surface area (Å²) in [4.78, 5) is 17.3. The molecule has 1 aliphatic heterocycles. The van der Waals surface area contributed by atoms with Crippen LogP contribution in [0.25, 0.3) is 0 Å². The van der Waals surface area contributed by atoms with Gasteiger partial charge in [0, 0.05) is 31.6 Å². The van der Waals surface area contributed by atoms with Crippen molar-refractivity contribution in [2.75, 3.05) is 23.8 Å². The smallest absolute Gasteiger partial charge is 0.227 e. The number of aliphatic hydroxyl groups excluding tert-OH is 1. The van der Waals surface area contributed by atoms with E-state index in [-0.39, 0.29) is 36.2 Å². The molecule has 1 saturated heterocycles. The van der Waals surface area contributed by atoms with E-state index in [0.717, 1.165) is 0 Å². The maximum atomic E-state index is 11.9. The van der Waals surface area contributed by atoms with Crippen molar-refractivity contribution in [1.29, 1.82) is 5.26 Å². The van der Waals surface area contributed by atoms with Gasteiger partial charge in [-0.3, -0.25) is 4.79 Å². The molecule has 3 N–H and O–H groups in total. The number of carbonyl (C=O) groups excluding carboxylic acids is 1. The van der Waals surface area contributed by atoms with Crippen LogP contribution in [0.3, 0.4) is 0 Å². The number of hydrogen-bond acceptors (Lipinski definition) is 5. The number of halogens is 1. The second kappa shape index (κ2) is 4.92. The molecule has 1 atom stereocenters. The molecule has 0 spiro atoms. The second-order valence-corrected chi connectivity index (χ2v) is 4.85. The van der Waals surface area contributed by atoms with Gasteiger partial charge in [-0.2, -0.15) is 5.26 Å². The SMILES string of the molecule is N#Cc1c(N2CC(CO)CC2=O)cc(N)nc1Br. The van der Waals surface area contributed by atoms with E-state index in [1.165, 1.54) is 11.0 Å². The molecule has 1 aliphatic rings. The molecule has 0 radical (unpaired) electrons. The van der Waals surface area contributed by atoms with E-state index in [2.05, 4.69) is 20.9 Å². The quantitative estimate of drug-likeness (QED) is 0.780. The van der Waals surface area contributed by atoms with Gasteiger partial charge in [0.1, 0.15) is 22.1 Å². The number of hydrogen-bond donors (Lipinski definition) is 2. The number of aromatic nitrogens is 1. The molecule has 2 rings (SSSR count). The first-order valence-corrected chi connectivity index (χ1v) is 6.13. The van der Waals surface area contributed by atoms with Crippen LogP contribution in [0.15, 0.2) is 10.7 Å². The lowest BCUT2D eigenvalue weighted by molar-refractivity contribution is -0.117. The minimum atomic E-state index is -0.122. The van der Waals surface area contributed by atoms with Gasteiger partial charge < -0.3 is 15.7 Å². The fourth-order valence-corrected chi connectivity index (χ4v) is 2.47. The first-order chi connectivity index (χ1) is 8.56. The van der Waals surface area contributed by atoms with Crippen LogP contribution in [-0.2, 0) is 4.79 Å². The topological polar surface area (TPSA) is 103 Å². The molecule has 1 aromatic rings. The molecular weight excluding hydrogens is 300 g/mol. The largest absolute Gasteiger partial charge is 0.396 e. The Balaban J connectivity index is 2.46. The number of nitrogens with two attached hydrogens (primary N) is 1. The summed E-state index contributed by atoms with van der Waals surface area (Å²) in [5, 5.41) is 18.2. The van der Waals surface area contributed by atoms with E-state index in [1.54, 1.807) is 0 Å². The number of aliphatic hydroxyl groups is 1. The molecule has 0 aliphatic carbocycles. The summed E-state index contributed by atoms with van der Waals surface area (Å²) in [5.74, 6) is 0.0105. The first-order valence-electron chi connectivity index (χ1n) is 5.34. The zero-order chi connectivity index (χ0) is 13.3. The van der Waals surface area contributed by atoms with Crippen LogP contribution >= 0.6 is 15.9 Å². The van der Waals surface area contributed by atoms with Crippen molar-refractivity contribution in [1.82, 2.24) is 4.98 Å². The summed E-state index contributed by atoms with van der Waals surface area (Å²) in [6.07, 6.45) is 0.279. The molecule has 2 heterocycles. The molecule has 0 aromatic carbocycles. The van der Waals surface area contributed by atoms with Crippen molar-refractivity contribution in [3.05, 3.63) is 16.2 Å². The van der Waals surface area contributed by atoms with Crippen LogP contribution in [0.5, 0.6) is 0 Å². The van der Waals surface area contributed by atoms with Crippen molar-refractivity contribution in [2.24, 2.45) is 5.92 Å². The van der Waals surface area contributed by atoms with Gasteiger partial charge >= 0.3 is 0 Å². The highest BCUT2D eigenvalue weighted by atomic mass is 79.9. The van der Waals surface area contributed by atoms with Crippen molar-refractivity contribution in [3.8, 4) is 6.07 Å². The lowest BCUT2D eigenvalue weighted by atomic mass is 10.1. The molecule has 94 valence electrons. The lowest BCUT2D eigenvalue weighted by Crippen LogP contribution is -2.26. The molecule has 6 nitrogen and oxygen atoms in total. The van der Waals surface area contributed by atoms with Gasteiger partial charge in [0.15, 0.2) is 0 Å². The van der Waals surface area contributed by atoms with Gasteiger partial charge in [-0.15, -0.1) is 0 Å². The van der Waals surface area contributed by atoms with Crippen molar-refractivity contribution < 1.29 is 9.90 Å². The van der Waals surface area contributed by atoms with Crippen LogP contribution in [0.1, 0.15) is 12.0 Å². The monoisotopic (exact) mass is 310 g/mol. The van der Waals surface area contributed by atoms with E-state index in [0.29, 0.717) is 16.8 Å². The lowest BCUT2D eigenvalue weighted by Gasteiger charge is -2.18. The summed E-state index contributed by atoms with van der Waals surface area (Å²) < 4.78 is 0.320. The second-order valence-electron chi connectivity index (χ2n) is 4.10. The normalized spacial score (nSPS) is 19.1. The van der Waals surface area contributed by atoms with Crippen LogP contribution < -0.4 is 10.6 Å². The van der Waals surface area contributed by atoms with Gasteiger partial charge in [0.25, 0.3) is 0 Å². The zero-order valence-electron chi connectivity index (χ0n) is 9.43. The van der Waals surface area contributed by atoms with E-state index in [9.17, 15) is 4.79 Å². The minimum absolute atomic E-state index is 0.0497. The Bertz CT molecular complexity index is 541. The average Bonchev–Trinajstić information content (AvgIpc) is 2.69. The van der Waals surface area contributed by atoms with Crippen molar-refractivity contribution >= 4 is 33.3 Å². The number of nitrogens with zero attached hydrogens (tertiary/aromatic N) is 3. The molecule has 1 fully saturated rings. The predicted octanol–water partition coefficient (Wildman–Crippen LogP) is 0.643. The third-order valence-corrected chi connectivity index (χ3v) is 3.41. The Labute approximate surface area is 112 Å². The third-order valence-electron chi connectivity index (χ3n) is 2.84. The molecule has 0 bridgehead atoms. The van der Waals surface area contributed by atoms with Crippen LogP contribution in [-0.4, -0.2) is 29.1 Å². The van der Waals surface area contributed by atoms with Crippen LogP contribution in [0.4, 0.5) is 11.5 Å². The maximum Gasteiger partial charge on any atom is 0.227 e. The summed E-state index contributed by atoms with van der Waals surface area (Å²) in [7, 11) is 0. The summed E-state index contributed by atoms with van der Waals surface area (Å²) in [6.45, 7) is 0.339. The fourth-order valence-electron chi connectivity index (χ4n) is 1.97. The maximum absolute atomic E-state index is 11.9. The highest BCUT2D eigenvalue weighted by Crippen LogP contribution is 2.32. The number of anilines is 2. The molecule has 1 aromatic heterocycles. The van der Waals surface area contributed by atoms with Gasteiger partial charge in [0.05, 0.1) is 5.69 Å². The zero-order valence-corrected chi connectivity index (χ0v) is 11.0. The Morgan fingerprint density at radius 1 is 1.72 bits per heavy atom. The Morgan fingerprint density at radius 2 is 2.44 bits per heavy atom. The molecule has 1 unspecified atom stereocenters. The van der Waals surface area contributed by atoms with Crippen LogP contribution in [0, 0.1) is 17.2 Å². The highest BCUT2D eigenvalue weighted by Gasteiger charge is 2.32. The first kappa shape index (κ1) is 12.8. The minimum Gasteiger partial charge on any atom is -0.396 e. The van der Waals surface area contributed by atoms with Gasteiger partial charge in [-0.05, 0) is 15.9 Å². The highest BCUT2D eigenvalue weighted by molar-refractivity contribution is 9.10. The molecular formula is C11H11BrN4O2. The number of nitrogen functional groups attached to an aromatic ring is 1. The third kappa shape index (κ3) is 2.17. The fraction of sp³-hybridized carbons (Fsp3) is 0.364. The van der Waals surface area contributed by atoms with Gasteiger partial charge in [0.2, 0.25) is 5.91 Å². The van der Waals surface area contributed by atoms with E-state index in [1.807, 2.05) is 6.07 Å². The molecule has 0 saturated carbocycles. The number of nitriles is 1. The number of pyridine rings is 1. The number of carbonyl (C=O) groups is 1. The van der Waals surface area contributed by atoms with E-state index >= 15 is 0 Å². The Morgan fingerprint density at radius 3 is 3.00 bits per heavy atom. The average molecular weight is 311 g/mol.